The third-order valence-electron chi connectivity index (χ3n) is 2.73. The molecule has 1 fully saturated rings. The Hall–Kier alpha value is -0.510. The summed E-state index contributed by atoms with van der Waals surface area (Å²) in [6.45, 7) is 0.414. The maximum Gasteiger partial charge on any atom is 0.227 e. The maximum atomic E-state index is 13.9. The highest BCUT2D eigenvalue weighted by atomic mass is 35.5. The van der Waals surface area contributed by atoms with Crippen LogP contribution in [0.1, 0.15) is 6.42 Å². The third-order valence-corrected chi connectivity index (χ3v) is 3.95. The molecule has 17 heavy (non-hydrogen) atoms. The lowest BCUT2D eigenvalue weighted by Crippen LogP contribution is -2.25. The highest BCUT2D eigenvalue weighted by Crippen LogP contribution is 2.34. The molecule has 1 amide bonds. The van der Waals surface area contributed by atoms with Gasteiger partial charge in [0.25, 0.3) is 0 Å². The molecule has 2 rings (SSSR count). The molecule has 1 aliphatic heterocycles. The number of nitrogens with zero attached hydrogens (tertiary/aromatic N) is 1. The largest absolute Gasteiger partial charge is 0.309 e. The topological polar surface area (TPSA) is 20.3 Å². The summed E-state index contributed by atoms with van der Waals surface area (Å²) in [4.78, 5) is 13.1. The normalized spacial score (nSPS) is 20.1. The van der Waals surface area contributed by atoms with E-state index in [2.05, 4.69) is 0 Å². The van der Waals surface area contributed by atoms with Gasteiger partial charge in [-0.2, -0.15) is 0 Å². The number of alkyl halides is 1. The Morgan fingerprint density at radius 3 is 2.71 bits per heavy atom. The van der Waals surface area contributed by atoms with E-state index in [4.69, 9.17) is 34.8 Å². The monoisotopic (exact) mass is 295 g/mol. The molecular weight excluding hydrogens is 287 g/mol. The van der Waals surface area contributed by atoms with Crippen LogP contribution in [0.4, 0.5) is 10.1 Å². The number of carbonyl (C=O) groups excluding carboxylic acids is 1. The van der Waals surface area contributed by atoms with Crippen molar-refractivity contribution in [2.45, 2.75) is 6.42 Å². The van der Waals surface area contributed by atoms with Crippen molar-refractivity contribution in [2.24, 2.45) is 5.92 Å². The van der Waals surface area contributed by atoms with Crippen molar-refractivity contribution in [2.75, 3.05) is 17.3 Å². The molecule has 0 radical (unpaired) electrons. The van der Waals surface area contributed by atoms with Crippen LogP contribution in [-0.4, -0.2) is 18.3 Å². The summed E-state index contributed by atoms with van der Waals surface area (Å²) in [5, 5.41) is -0.0280. The lowest BCUT2D eigenvalue weighted by Gasteiger charge is -2.18. The van der Waals surface area contributed by atoms with Crippen molar-refractivity contribution in [1.29, 1.82) is 0 Å². The second kappa shape index (κ2) is 5.01. The summed E-state index contributed by atoms with van der Waals surface area (Å²) in [6.07, 6.45) is 0.336. The maximum absolute atomic E-state index is 13.9. The first kappa shape index (κ1) is 12.9. The SMILES string of the molecule is O=C1CC(CCl)CN1c1ccc(Cl)c(Cl)c1F. The molecule has 1 atom stereocenters. The summed E-state index contributed by atoms with van der Waals surface area (Å²) < 4.78 is 13.9. The molecule has 0 saturated carbocycles. The van der Waals surface area contributed by atoms with Crippen LogP contribution < -0.4 is 4.90 Å². The number of halogens is 4. The number of amides is 1. The van der Waals surface area contributed by atoms with Gasteiger partial charge in [-0.25, -0.2) is 4.39 Å². The molecule has 1 aromatic rings. The Morgan fingerprint density at radius 1 is 1.41 bits per heavy atom. The second-order valence-electron chi connectivity index (χ2n) is 3.92. The fourth-order valence-corrected chi connectivity index (χ4v) is 2.35. The molecule has 1 unspecified atom stereocenters. The number of hydrogen-bond donors (Lipinski definition) is 0. The Balaban J connectivity index is 2.35. The average Bonchev–Trinajstić information content (AvgIpc) is 2.68. The third kappa shape index (κ3) is 2.37. The second-order valence-corrected chi connectivity index (χ2v) is 5.02. The van der Waals surface area contributed by atoms with E-state index < -0.39 is 5.82 Å². The van der Waals surface area contributed by atoms with Gasteiger partial charge in [-0.1, -0.05) is 23.2 Å². The average molecular weight is 297 g/mol. The molecule has 1 heterocycles. The highest BCUT2D eigenvalue weighted by Gasteiger charge is 2.32. The van der Waals surface area contributed by atoms with Crippen molar-refractivity contribution in [1.82, 2.24) is 0 Å². The number of hydrogen-bond acceptors (Lipinski definition) is 1. The molecule has 0 bridgehead atoms. The first-order chi connectivity index (χ1) is 8.04. The molecule has 0 spiro atoms. The molecule has 92 valence electrons. The Labute approximate surface area is 113 Å². The standard InChI is InChI=1S/C11H9Cl3FNO/c12-4-6-3-9(17)16(5-6)8-2-1-7(13)10(14)11(8)15/h1-2,6H,3-5H2. The number of anilines is 1. The van der Waals surface area contributed by atoms with Gasteiger partial charge >= 0.3 is 0 Å². The van der Waals surface area contributed by atoms with Gasteiger partial charge in [0, 0.05) is 18.8 Å². The van der Waals surface area contributed by atoms with Crippen molar-refractivity contribution < 1.29 is 9.18 Å². The molecule has 1 aliphatic rings. The fourth-order valence-electron chi connectivity index (χ4n) is 1.84. The van der Waals surface area contributed by atoms with Gasteiger partial charge in [-0.3, -0.25) is 4.79 Å². The molecule has 1 aromatic carbocycles. The zero-order valence-electron chi connectivity index (χ0n) is 8.72. The number of carbonyl (C=O) groups is 1. The van der Waals surface area contributed by atoms with Gasteiger partial charge in [0.15, 0.2) is 5.82 Å². The van der Waals surface area contributed by atoms with Crippen LogP contribution in [0.3, 0.4) is 0 Å². The van der Waals surface area contributed by atoms with E-state index in [0.29, 0.717) is 18.8 Å². The smallest absolute Gasteiger partial charge is 0.227 e. The first-order valence-electron chi connectivity index (χ1n) is 5.04. The number of rotatable bonds is 2. The van der Waals surface area contributed by atoms with Gasteiger partial charge in [-0.15, -0.1) is 11.6 Å². The zero-order valence-corrected chi connectivity index (χ0v) is 11.0. The Kier molecular flexibility index (Phi) is 3.81. The van der Waals surface area contributed by atoms with Crippen LogP contribution in [0.25, 0.3) is 0 Å². The van der Waals surface area contributed by atoms with Crippen LogP contribution in [0.5, 0.6) is 0 Å². The van der Waals surface area contributed by atoms with Crippen LogP contribution in [-0.2, 0) is 4.79 Å². The zero-order chi connectivity index (χ0) is 12.6. The molecule has 1 saturated heterocycles. The van der Waals surface area contributed by atoms with Crippen LogP contribution in [0, 0.1) is 11.7 Å². The van der Waals surface area contributed by atoms with Gasteiger partial charge in [0.1, 0.15) is 0 Å². The summed E-state index contributed by atoms with van der Waals surface area (Å²) in [5.41, 5.74) is 0.164. The summed E-state index contributed by atoms with van der Waals surface area (Å²) in [6, 6.07) is 2.93. The lowest BCUT2D eigenvalue weighted by atomic mass is 10.1. The van der Waals surface area contributed by atoms with E-state index in [-0.39, 0.29) is 27.6 Å². The van der Waals surface area contributed by atoms with Crippen molar-refractivity contribution in [3.8, 4) is 0 Å². The summed E-state index contributed by atoms with van der Waals surface area (Å²) in [5.74, 6) is -0.376. The fraction of sp³-hybridized carbons (Fsp3) is 0.364. The van der Waals surface area contributed by atoms with Crippen molar-refractivity contribution in [3.05, 3.63) is 28.0 Å². The molecule has 0 N–H and O–H groups in total. The molecule has 2 nitrogen and oxygen atoms in total. The predicted molar refractivity (Wildman–Crippen MR) is 67.6 cm³/mol. The van der Waals surface area contributed by atoms with Gasteiger partial charge in [-0.05, 0) is 18.1 Å². The van der Waals surface area contributed by atoms with E-state index in [1.165, 1.54) is 17.0 Å². The van der Waals surface area contributed by atoms with Gasteiger partial charge in [0.05, 0.1) is 15.7 Å². The first-order valence-corrected chi connectivity index (χ1v) is 6.33. The highest BCUT2D eigenvalue weighted by molar-refractivity contribution is 6.42. The van der Waals surface area contributed by atoms with Crippen LogP contribution in [0.15, 0.2) is 12.1 Å². The van der Waals surface area contributed by atoms with Gasteiger partial charge < -0.3 is 4.90 Å². The summed E-state index contributed by atoms with van der Waals surface area (Å²) in [7, 11) is 0. The van der Waals surface area contributed by atoms with Crippen molar-refractivity contribution >= 4 is 46.4 Å². The molecule has 0 aromatic heterocycles. The van der Waals surface area contributed by atoms with Crippen LogP contribution in [0.2, 0.25) is 10.0 Å². The van der Waals surface area contributed by atoms with E-state index in [1.54, 1.807) is 0 Å². The minimum Gasteiger partial charge on any atom is -0.309 e. The lowest BCUT2D eigenvalue weighted by molar-refractivity contribution is -0.117. The quantitative estimate of drug-likeness (QED) is 0.601. The molecule has 6 heteroatoms. The summed E-state index contributed by atoms with van der Waals surface area (Å²) >= 11 is 17.1. The van der Waals surface area contributed by atoms with E-state index in [0.717, 1.165) is 0 Å². The molecule has 0 aliphatic carbocycles. The Bertz CT molecular complexity index is 466. The molecular formula is C11H9Cl3FNO. The minimum absolute atomic E-state index is 0.0537. The van der Waals surface area contributed by atoms with E-state index in [1.807, 2.05) is 0 Å². The van der Waals surface area contributed by atoms with Crippen molar-refractivity contribution in [3.63, 3.8) is 0 Å². The van der Waals surface area contributed by atoms with E-state index >= 15 is 0 Å². The van der Waals surface area contributed by atoms with Crippen LogP contribution >= 0.6 is 34.8 Å². The predicted octanol–water partition coefficient (Wildman–Crippen LogP) is 3.72. The van der Waals surface area contributed by atoms with E-state index in [9.17, 15) is 9.18 Å². The van der Waals surface area contributed by atoms with Gasteiger partial charge in [0.2, 0.25) is 5.91 Å². The Morgan fingerprint density at radius 2 is 2.12 bits per heavy atom. The minimum atomic E-state index is -0.664. The number of benzene rings is 1.